The van der Waals surface area contributed by atoms with Gasteiger partial charge in [0.1, 0.15) is 0 Å². The lowest BCUT2D eigenvalue weighted by Crippen LogP contribution is -2.34. The summed E-state index contributed by atoms with van der Waals surface area (Å²) >= 11 is 0. The van der Waals surface area contributed by atoms with Gasteiger partial charge in [0.15, 0.2) is 0 Å². The highest BCUT2D eigenvalue weighted by atomic mass is 16.6. The Labute approximate surface area is 211 Å². The van der Waals surface area contributed by atoms with Gasteiger partial charge in [-0.05, 0) is 39.5 Å². The van der Waals surface area contributed by atoms with Gasteiger partial charge in [-0.25, -0.2) is 9.59 Å². The standard InChI is InChI=1S/C28H56N2O4/c1-5-9-11-13-15-19-23-29(27(31)33-7-3)25-21-17-18-22-26-30(28(32)34-8-4)24-20-16-14-12-10-6-2/h5-26H2,1-4H3. The van der Waals surface area contributed by atoms with E-state index in [2.05, 4.69) is 13.8 Å². The molecule has 202 valence electrons. The van der Waals surface area contributed by atoms with E-state index in [4.69, 9.17) is 9.47 Å². The summed E-state index contributed by atoms with van der Waals surface area (Å²) in [6, 6.07) is 0. The molecule has 6 nitrogen and oxygen atoms in total. The van der Waals surface area contributed by atoms with Crippen LogP contribution in [0.3, 0.4) is 0 Å². The molecule has 0 aromatic carbocycles. The Morgan fingerprint density at radius 2 is 0.706 bits per heavy atom. The molecule has 0 bridgehead atoms. The first-order chi connectivity index (χ1) is 16.6. The van der Waals surface area contributed by atoms with Gasteiger partial charge in [0.05, 0.1) is 13.2 Å². The van der Waals surface area contributed by atoms with Gasteiger partial charge in [0.25, 0.3) is 0 Å². The van der Waals surface area contributed by atoms with Crippen LogP contribution in [-0.4, -0.2) is 61.4 Å². The van der Waals surface area contributed by atoms with E-state index in [1.54, 1.807) is 0 Å². The van der Waals surface area contributed by atoms with Crippen molar-refractivity contribution < 1.29 is 19.1 Å². The van der Waals surface area contributed by atoms with Crippen LogP contribution in [0.2, 0.25) is 0 Å². The first-order valence-corrected chi connectivity index (χ1v) is 14.4. The monoisotopic (exact) mass is 484 g/mol. The molecular formula is C28H56N2O4. The summed E-state index contributed by atoms with van der Waals surface area (Å²) in [4.78, 5) is 28.3. The molecule has 2 amide bonds. The maximum absolute atomic E-state index is 12.3. The Kier molecular flexibility index (Phi) is 23.6. The van der Waals surface area contributed by atoms with Crippen LogP contribution < -0.4 is 0 Å². The highest BCUT2D eigenvalue weighted by molar-refractivity contribution is 5.67. The fourth-order valence-electron chi connectivity index (χ4n) is 4.14. The second kappa shape index (κ2) is 24.7. The second-order valence-electron chi connectivity index (χ2n) is 9.32. The van der Waals surface area contributed by atoms with Gasteiger partial charge in [0.2, 0.25) is 0 Å². The number of nitrogens with zero attached hydrogens (tertiary/aromatic N) is 2. The quantitative estimate of drug-likeness (QED) is 0.137. The van der Waals surface area contributed by atoms with Gasteiger partial charge in [-0.1, -0.05) is 90.9 Å². The molecule has 0 atom stereocenters. The molecule has 0 aliphatic carbocycles. The lowest BCUT2D eigenvalue weighted by atomic mass is 10.1. The normalized spacial score (nSPS) is 10.8. The fourth-order valence-corrected chi connectivity index (χ4v) is 4.14. The number of carbonyl (C=O) groups excluding carboxylic acids is 2. The summed E-state index contributed by atoms with van der Waals surface area (Å²) in [6.07, 6.45) is 18.4. The van der Waals surface area contributed by atoms with Crippen molar-refractivity contribution in [3.63, 3.8) is 0 Å². The zero-order chi connectivity index (χ0) is 25.3. The zero-order valence-electron chi connectivity index (χ0n) is 23.1. The lowest BCUT2D eigenvalue weighted by Gasteiger charge is -2.23. The fraction of sp³-hybridized carbons (Fsp3) is 0.929. The number of ether oxygens (including phenoxy) is 2. The Bertz CT molecular complexity index is 431. The summed E-state index contributed by atoms with van der Waals surface area (Å²) in [5.41, 5.74) is 0. The third-order valence-electron chi connectivity index (χ3n) is 6.22. The van der Waals surface area contributed by atoms with Gasteiger partial charge >= 0.3 is 12.2 Å². The Balaban J connectivity index is 4.20. The first-order valence-electron chi connectivity index (χ1n) is 14.4. The molecule has 0 aromatic heterocycles. The van der Waals surface area contributed by atoms with E-state index >= 15 is 0 Å². The Morgan fingerprint density at radius 3 is 0.971 bits per heavy atom. The molecular weight excluding hydrogens is 428 g/mol. The molecule has 0 radical (unpaired) electrons. The SMILES string of the molecule is CCCCCCCCN(CCCCCCN(CCCCCCCC)C(=O)OCC)C(=O)OCC. The molecule has 0 saturated carbocycles. The van der Waals surface area contributed by atoms with Crippen LogP contribution in [-0.2, 0) is 9.47 Å². The summed E-state index contributed by atoms with van der Waals surface area (Å²) in [5, 5.41) is 0. The third-order valence-corrected chi connectivity index (χ3v) is 6.22. The molecule has 0 unspecified atom stereocenters. The molecule has 0 rings (SSSR count). The number of hydrogen-bond donors (Lipinski definition) is 0. The van der Waals surface area contributed by atoms with Crippen molar-refractivity contribution in [1.82, 2.24) is 9.80 Å². The lowest BCUT2D eigenvalue weighted by molar-refractivity contribution is 0.103. The van der Waals surface area contributed by atoms with Crippen LogP contribution in [0.25, 0.3) is 0 Å². The van der Waals surface area contributed by atoms with E-state index in [9.17, 15) is 9.59 Å². The van der Waals surface area contributed by atoms with Crippen LogP contribution in [0.15, 0.2) is 0 Å². The molecule has 0 spiro atoms. The summed E-state index contributed by atoms with van der Waals surface area (Å²) in [7, 11) is 0. The Morgan fingerprint density at radius 1 is 0.441 bits per heavy atom. The first kappa shape index (κ1) is 32.5. The number of amides is 2. The van der Waals surface area contributed by atoms with Crippen molar-refractivity contribution in [1.29, 1.82) is 0 Å². The number of hydrogen-bond acceptors (Lipinski definition) is 4. The third kappa shape index (κ3) is 18.9. The van der Waals surface area contributed by atoms with Crippen molar-refractivity contribution in [2.75, 3.05) is 39.4 Å². The van der Waals surface area contributed by atoms with Crippen molar-refractivity contribution in [2.45, 2.75) is 130 Å². The van der Waals surface area contributed by atoms with E-state index in [0.29, 0.717) is 13.2 Å². The van der Waals surface area contributed by atoms with Gasteiger partial charge < -0.3 is 19.3 Å². The highest BCUT2D eigenvalue weighted by Crippen LogP contribution is 2.11. The van der Waals surface area contributed by atoms with Crippen LogP contribution in [0.5, 0.6) is 0 Å². The van der Waals surface area contributed by atoms with Crippen molar-refractivity contribution in [3.8, 4) is 0 Å². The largest absolute Gasteiger partial charge is 0.450 e. The number of carbonyl (C=O) groups is 2. The second-order valence-corrected chi connectivity index (χ2v) is 9.32. The van der Waals surface area contributed by atoms with Crippen LogP contribution in [0, 0.1) is 0 Å². The zero-order valence-corrected chi connectivity index (χ0v) is 23.1. The van der Waals surface area contributed by atoms with Crippen LogP contribution in [0.1, 0.15) is 130 Å². The minimum absolute atomic E-state index is 0.177. The molecule has 0 aromatic rings. The van der Waals surface area contributed by atoms with Crippen molar-refractivity contribution >= 4 is 12.2 Å². The van der Waals surface area contributed by atoms with E-state index in [1.807, 2.05) is 23.6 Å². The van der Waals surface area contributed by atoms with E-state index in [1.165, 1.54) is 64.2 Å². The van der Waals surface area contributed by atoms with E-state index < -0.39 is 0 Å². The number of rotatable bonds is 23. The van der Waals surface area contributed by atoms with Gasteiger partial charge in [-0.15, -0.1) is 0 Å². The van der Waals surface area contributed by atoms with Crippen molar-refractivity contribution in [2.24, 2.45) is 0 Å². The number of unbranched alkanes of at least 4 members (excludes halogenated alkanes) is 13. The average molecular weight is 485 g/mol. The molecule has 0 N–H and O–H groups in total. The smallest absolute Gasteiger partial charge is 0.409 e. The van der Waals surface area contributed by atoms with Crippen molar-refractivity contribution in [3.05, 3.63) is 0 Å². The van der Waals surface area contributed by atoms with E-state index in [0.717, 1.165) is 64.7 Å². The molecule has 0 heterocycles. The van der Waals surface area contributed by atoms with Crippen LogP contribution in [0.4, 0.5) is 9.59 Å². The summed E-state index contributed by atoms with van der Waals surface area (Å²) < 4.78 is 10.5. The molecule has 34 heavy (non-hydrogen) atoms. The van der Waals surface area contributed by atoms with Gasteiger partial charge in [-0.3, -0.25) is 0 Å². The maximum Gasteiger partial charge on any atom is 0.409 e. The summed E-state index contributed by atoms with van der Waals surface area (Å²) in [5.74, 6) is 0. The van der Waals surface area contributed by atoms with Gasteiger partial charge in [0, 0.05) is 26.2 Å². The van der Waals surface area contributed by atoms with Crippen LogP contribution >= 0.6 is 0 Å². The van der Waals surface area contributed by atoms with Gasteiger partial charge in [-0.2, -0.15) is 0 Å². The minimum Gasteiger partial charge on any atom is -0.450 e. The molecule has 0 aliphatic heterocycles. The predicted molar refractivity (Wildman–Crippen MR) is 142 cm³/mol. The predicted octanol–water partition coefficient (Wildman–Crippen LogP) is 8.18. The molecule has 0 saturated heterocycles. The topological polar surface area (TPSA) is 59.1 Å². The highest BCUT2D eigenvalue weighted by Gasteiger charge is 2.15. The molecule has 0 fully saturated rings. The Hall–Kier alpha value is -1.46. The molecule has 0 aliphatic rings. The molecule has 6 heteroatoms. The minimum atomic E-state index is -0.177. The summed E-state index contributed by atoms with van der Waals surface area (Å²) in [6.45, 7) is 12.1. The maximum atomic E-state index is 12.3. The average Bonchev–Trinajstić information content (AvgIpc) is 2.82. The van der Waals surface area contributed by atoms with E-state index in [-0.39, 0.29) is 12.2 Å².